The van der Waals surface area contributed by atoms with Crippen molar-refractivity contribution in [3.63, 3.8) is 0 Å². The molecule has 1 aromatic carbocycles. The Labute approximate surface area is 132 Å². The van der Waals surface area contributed by atoms with Crippen molar-refractivity contribution < 1.29 is 14.6 Å². The average Bonchev–Trinajstić information content (AvgIpc) is 3.05. The molecular weight excluding hydrogens is 299 g/mol. The summed E-state index contributed by atoms with van der Waals surface area (Å²) in [5, 5.41) is 10.3. The summed E-state index contributed by atoms with van der Waals surface area (Å²) < 4.78 is 15.2. The van der Waals surface area contributed by atoms with Gasteiger partial charge < -0.3 is 14.6 Å². The Morgan fingerprint density at radius 3 is 2.68 bits per heavy atom. The summed E-state index contributed by atoms with van der Waals surface area (Å²) in [6.45, 7) is 3.95. The van der Waals surface area contributed by atoms with Crippen LogP contribution in [0.3, 0.4) is 0 Å². The van der Waals surface area contributed by atoms with Gasteiger partial charge in [0.15, 0.2) is 11.5 Å². The van der Waals surface area contributed by atoms with Gasteiger partial charge in [-0.1, -0.05) is 6.07 Å². The van der Waals surface area contributed by atoms with Gasteiger partial charge in [-0.2, -0.15) is 0 Å². The molecule has 6 heteroatoms. The number of aliphatic hydroxyl groups excluding tert-OH is 1. The largest absolute Gasteiger partial charge is 0.506 e. The van der Waals surface area contributed by atoms with Gasteiger partial charge in [-0.15, -0.1) is 0 Å². The van der Waals surface area contributed by atoms with E-state index in [1.165, 1.54) is 12.8 Å². The number of hydrogen-bond donors (Lipinski definition) is 1. The van der Waals surface area contributed by atoms with Gasteiger partial charge >= 0.3 is 0 Å². The number of ether oxygens (including phenoxy) is 2. The summed E-state index contributed by atoms with van der Waals surface area (Å²) >= 11 is 0. The second-order valence-corrected chi connectivity index (χ2v) is 5.75. The molecule has 1 saturated heterocycles. The molecule has 22 heavy (non-hydrogen) atoms. The summed E-state index contributed by atoms with van der Waals surface area (Å²) in [7, 11) is 2.34. The minimum Gasteiger partial charge on any atom is -0.506 e. The zero-order chi connectivity index (χ0) is 15.4. The van der Waals surface area contributed by atoms with Crippen LogP contribution < -0.4 is 9.47 Å². The first kappa shape index (κ1) is 15.3. The Morgan fingerprint density at radius 2 is 1.95 bits per heavy atom. The van der Waals surface area contributed by atoms with Crippen LogP contribution in [0.25, 0.3) is 6.08 Å². The lowest BCUT2D eigenvalue weighted by molar-refractivity contribution is 0.171. The monoisotopic (exact) mass is 320 g/mol. The van der Waals surface area contributed by atoms with Crippen molar-refractivity contribution >= 4 is 21.2 Å². The van der Waals surface area contributed by atoms with Crippen LogP contribution in [0, 0.1) is 0 Å². The van der Waals surface area contributed by atoms with Crippen LogP contribution in [0.4, 0.5) is 0 Å². The summed E-state index contributed by atoms with van der Waals surface area (Å²) in [4.78, 5) is 2.30. The van der Waals surface area contributed by atoms with Gasteiger partial charge in [0.05, 0.1) is 5.71 Å². The fourth-order valence-electron chi connectivity index (χ4n) is 2.73. The van der Waals surface area contributed by atoms with Gasteiger partial charge in [-0.3, -0.25) is 9.66 Å². The highest BCUT2D eigenvalue weighted by atomic mass is 31.0. The molecule has 2 aliphatic rings. The topological polar surface area (TPSA) is 54.3 Å². The van der Waals surface area contributed by atoms with Crippen molar-refractivity contribution in [3.8, 4) is 11.5 Å². The molecule has 0 aromatic heterocycles. The molecule has 1 aromatic rings. The molecule has 2 heterocycles. The van der Waals surface area contributed by atoms with Gasteiger partial charge in [0.25, 0.3) is 0 Å². The number of likely N-dealkylation sites (tertiary alicyclic amines) is 1. The molecule has 1 atom stereocenters. The average molecular weight is 320 g/mol. The SMILES string of the molecule is OC(=Cc1ccc2c(c1)OCCO2)C(CN1CCCC1)=NP. The first-order valence-electron chi connectivity index (χ1n) is 7.56. The minimum atomic E-state index is 0.193. The molecule has 1 unspecified atom stereocenters. The van der Waals surface area contributed by atoms with Crippen molar-refractivity contribution in [2.75, 3.05) is 32.8 Å². The zero-order valence-corrected chi connectivity index (χ0v) is 13.6. The van der Waals surface area contributed by atoms with Gasteiger partial charge in [0.2, 0.25) is 0 Å². The van der Waals surface area contributed by atoms with Crippen LogP contribution in [0.5, 0.6) is 11.5 Å². The molecule has 0 saturated carbocycles. The number of fused-ring (bicyclic) bond motifs is 1. The summed E-state index contributed by atoms with van der Waals surface area (Å²) in [5.74, 6) is 1.66. The van der Waals surface area contributed by atoms with Crippen molar-refractivity contribution in [3.05, 3.63) is 29.5 Å². The third-order valence-electron chi connectivity index (χ3n) is 3.89. The van der Waals surface area contributed by atoms with E-state index < -0.39 is 0 Å². The Balaban J connectivity index is 1.74. The molecule has 1 N–H and O–H groups in total. The van der Waals surface area contributed by atoms with Crippen LogP contribution in [-0.4, -0.2) is 48.6 Å². The van der Waals surface area contributed by atoms with E-state index in [2.05, 4.69) is 19.1 Å². The molecule has 0 amide bonds. The second-order valence-electron chi connectivity index (χ2n) is 5.49. The fourth-order valence-corrected chi connectivity index (χ4v) is 2.95. The second kappa shape index (κ2) is 7.12. The lowest BCUT2D eigenvalue weighted by Gasteiger charge is -2.18. The third-order valence-corrected chi connectivity index (χ3v) is 4.20. The zero-order valence-electron chi connectivity index (χ0n) is 12.5. The highest BCUT2D eigenvalue weighted by molar-refractivity contribution is 7.15. The Bertz CT molecular complexity index is 595. The standard InChI is InChI=1S/C16H21N2O3P/c19-14(13(17-22)11-18-5-1-2-6-18)9-12-3-4-15-16(10-12)21-8-7-20-15/h3-4,9-10,19H,1-2,5-8,11,22H2. The first-order chi connectivity index (χ1) is 10.8. The molecular formula is C16H21N2O3P. The van der Waals surface area contributed by atoms with Crippen LogP contribution in [0.2, 0.25) is 0 Å². The van der Waals surface area contributed by atoms with Crippen molar-refractivity contribution in [1.82, 2.24) is 4.90 Å². The smallest absolute Gasteiger partial charge is 0.161 e. The van der Waals surface area contributed by atoms with Gasteiger partial charge in [-0.25, -0.2) is 0 Å². The lowest BCUT2D eigenvalue weighted by Crippen LogP contribution is -2.27. The van der Waals surface area contributed by atoms with E-state index in [0.717, 1.165) is 30.2 Å². The van der Waals surface area contributed by atoms with Crippen LogP contribution in [0.1, 0.15) is 18.4 Å². The minimum absolute atomic E-state index is 0.193. The number of aliphatic hydroxyl groups is 1. The highest BCUT2D eigenvalue weighted by Crippen LogP contribution is 2.31. The molecule has 5 nitrogen and oxygen atoms in total. The number of benzene rings is 1. The van der Waals surface area contributed by atoms with E-state index in [-0.39, 0.29) is 5.76 Å². The van der Waals surface area contributed by atoms with Crippen LogP contribution in [-0.2, 0) is 0 Å². The van der Waals surface area contributed by atoms with Gasteiger partial charge in [-0.05, 0) is 59.1 Å². The normalized spacial score (nSPS) is 19.5. The van der Waals surface area contributed by atoms with E-state index in [1.54, 1.807) is 6.08 Å². The molecule has 2 aliphatic heterocycles. The van der Waals surface area contributed by atoms with Crippen molar-refractivity contribution in [1.29, 1.82) is 0 Å². The quantitative estimate of drug-likeness (QED) is 0.526. The van der Waals surface area contributed by atoms with Gasteiger partial charge in [0.1, 0.15) is 19.0 Å². The lowest BCUT2D eigenvalue weighted by atomic mass is 10.1. The van der Waals surface area contributed by atoms with Gasteiger partial charge in [0, 0.05) is 6.54 Å². The van der Waals surface area contributed by atoms with Crippen LogP contribution >= 0.6 is 9.39 Å². The third kappa shape index (κ3) is 3.60. The number of nitrogens with zero attached hydrogens (tertiary/aromatic N) is 2. The molecule has 0 radical (unpaired) electrons. The number of rotatable bonds is 4. The van der Waals surface area contributed by atoms with Crippen molar-refractivity contribution in [2.45, 2.75) is 12.8 Å². The summed E-state index contributed by atoms with van der Waals surface area (Å²) in [5.41, 5.74) is 1.55. The molecule has 118 valence electrons. The number of hydrogen-bond acceptors (Lipinski definition) is 5. The molecule has 3 rings (SSSR count). The highest BCUT2D eigenvalue weighted by Gasteiger charge is 2.16. The van der Waals surface area contributed by atoms with E-state index in [9.17, 15) is 5.11 Å². The fraction of sp³-hybridized carbons (Fsp3) is 0.438. The Kier molecular flexibility index (Phi) is 4.96. The summed E-state index contributed by atoms with van der Waals surface area (Å²) in [6, 6.07) is 5.65. The molecule has 0 aliphatic carbocycles. The Hall–Kier alpha value is -1.58. The molecule has 0 spiro atoms. The molecule has 0 bridgehead atoms. The van der Waals surface area contributed by atoms with Crippen LogP contribution in [0.15, 0.2) is 28.7 Å². The van der Waals surface area contributed by atoms with E-state index in [0.29, 0.717) is 25.5 Å². The summed E-state index contributed by atoms with van der Waals surface area (Å²) in [6.07, 6.45) is 4.16. The first-order valence-corrected chi connectivity index (χ1v) is 8.08. The predicted octanol–water partition coefficient (Wildman–Crippen LogP) is 2.68. The molecule has 1 fully saturated rings. The van der Waals surface area contributed by atoms with E-state index in [4.69, 9.17) is 9.47 Å². The maximum absolute atomic E-state index is 10.3. The predicted molar refractivity (Wildman–Crippen MR) is 90.9 cm³/mol. The Morgan fingerprint density at radius 1 is 1.23 bits per heavy atom. The van der Waals surface area contributed by atoms with E-state index in [1.807, 2.05) is 18.2 Å². The maximum atomic E-state index is 10.3. The van der Waals surface area contributed by atoms with E-state index >= 15 is 0 Å². The maximum Gasteiger partial charge on any atom is 0.161 e. The van der Waals surface area contributed by atoms with Crippen molar-refractivity contribution in [2.24, 2.45) is 4.76 Å².